The number of carbonyl (C=O) groups excluding carboxylic acids is 1. The summed E-state index contributed by atoms with van der Waals surface area (Å²) in [5, 5.41) is 11.5. The first-order valence-electron chi connectivity index (χ1n) is 10.0. The van der Waals surface area contributed by atoms with E-state index in [1.54, 1.807) is 26.2 Å². The molecule has 0 saturated heterocycles. The molecule has 29 heavy (non-hydrogen) atoms. The molecule has 0 aliphatic rings. The molecule has 0 spiro atoms. The van der Waals surface area contributed by atoms with Crippen LogP contribution in [0.2, 0.25) is 0 Å². The van der Waals surface area contributed by atoms with Gasteiger partial charge in [0.2, 0.25) is 15.9 Å². The van der Waals surface area contributed by atoms with Crippen molar-refractivity contribution in [2.24, 2.45) is 16.0 Å². The molecule has 0 bridgehead atoms. The van der Waals surface area contributed by atoms with E-state index in [1.165, 1.54) is 29.9 Å². The number of hydrogen-bond acceptors (Lipinski definition) is 4. The Hall–Kier alpha value is -2.13. The summed E-state index contributed by atoms with van der Waals surface area (Å²) in [7, 11) is -0.294. The third kappa shape index (κ3) is 9.76. The fourth-order valence-corrected chi connectivity index (χ4v) is 3.15. The molecule has 0 aliphatic heterocycles. The number of nitrogens with zero attached hydrogens (tertiary/aromatic N) is 2. The van der Waals surface area contributed by atoms with Crippen molar-refractivity contribution >= 4 is 21.9 Å². The quantitative estimate of drug-likeness (QED) is 0.368. The number of primary sulfonamides is 1. The lowest BCUT2D eigenvalue weighted by Gasteiger charge is -2.19. The molecule has 1 rings (SSSR count). The van der Waals surface area contributed by atoms with Crippen molar-refractivity contribution in [3.63, 3.8) is 0 Å². The first kappa shape index (κ1) is 24.9. The summed E-state index contributed by atoms with van der Waals surface area (Å²) >= 11 is 0. The highest BCUT2D eigenvalue weighted by atomic mass is 32.2. The smallest absolute Gasteiger partial charge is 0.241 e. The highest BCUT2D eigenvalue weighted by Crippen LogP contribution is 2.12. The maximum absolute atomic E-state index is 11.9. The van der Waals surface area contributed by atoms with Crippen LogP contribution in [0.25, 0.3) is 0 Å². The standard InChI is InChI=1S/C20H35N5O3S/c1-5-7-8-16(6-2)13-22-20(24-15-19(26)25(3)4)23-14-17-9-11-18(12-10-17)29(21,27)28/h9-12,16H,5-8,13-15H2,1-4H3,(H2,21,27,28)(H2,22,23,24). The minimum Gasteiger partial charge on any atom is -0.356 e. The van der Waals surface area contributed by atoms with Crippen LogP contribution in [-0.4, -0.2) is 52.4 Å². The van der Waals surface area contributed by atoms with E-state index in [1.807, 2.05) is 0 Å². The van der Waals surface area contributed by atoms with E-state index in [2.05, 4.69) is 29.5 Å². The lowest BCUT2D eigenvalue weighted by atomic mass is 9.99. The van der Waals surface area contributed by atoms with Crippen LogP contribution in [0.3, 0.4) is 0 Å². The molecule has 0 radical (unpaired) electrons. The minimum absolute atomic E-state index is 0.0463. The van der Waals surface area contributed by atoms with E-state index in [9.17, 15) is 13.2 Å². The number of rotatable bonds is 11. The van der Waals surface area contributed by atoms with Crippen molar-refractivity contribution in [2.45, 2.75) is 51.0 Å². The maximum atomic E-state index is 11.9. The fraction of sp³-hybridized carbons (Fsp3) is 0.600. The summed E-state index contributed by atoms with van der Waals surface area (Å²) in [6.07, 6.45) is 4.59. The number of unbranched alkanes of at least 4 members (excludes halogenated alkanes) is 1. The molecule has 1 unspecified atom stereocenters. The number of carbonyl (C=O) groups is 1. The molecule has 1 aromatic carbocycles. The van der Waals surface area contributed by atoms with Crippen LogP contribution in [-0.2, 0) is 21.4 Å². The predicted molar refractivity (Wildman–Crippen MR) is 117 cm³/mol. The highest BCUT2D eigenvalue weighted by Gasteiger charge is 2.10. The number of amides is 1. The van der Waals surface area contributed by atoms with Crippen molar-refractivity contribution in [3.8, 4) is 0 Å². The molecule has 164 valence electrons. The molecule has 0 saturated carbocycles. The topological polar surface area (TPSA) is 117 Å². The third-order valence-electron chi connectivity index (χ3n) is 4.68. The van der Waals surface area contributed by atoms with Gasteiger partial charge < -0.3 is 15.5 Å². The van der Waals surface area contributed by atoms with E-state index >= 15 is 0 Å². The minimum atomic E-state index is -3.71. The second-order valence-corrected chi connectivity index (χ2v) is 8.85. The number of benzene rings is 1. The zero-order valence-corrected chi connectivity index (χ0v) is 18.8. The Kier molecular flexibility index (Phi) is 10.7. The number of likely N-dealkylation sites (N-methyl/N-ethyl adjacent to an activating group) is 1. The summed E-state index contributed by atoms with van der Waals surface area (Å²) in [5.41, 5.74) is 0.843. The van der Waals surface area contributed by atoms with Gasteiger partial charge in [-0.05, 0) is 30.0 Å². The Bertz CT molecular complexity index is 761. The van der Waals surface area contributed by atoms with Crippen LogP contribution < -0.4 is 15.8 Å². The van der Waals surface area contributed by atoms with Gasteiger partial charge in [0.25, 0.3) is 0 Å². The summed E-state index contributed by atoms with van der Waals surface area (Å²) in [5.74, 6) is 1.06. The van der Waals surface area contributed by atoms with Gasteiger partial charge in [-0.3, -0.25) is 4.79 Å². The van der Waals surface area contributed by atoms with Gasteiger partial charge >= 0.3 is 0 Å². The molecule has 0 aromatic heterocycles. The Morgan fingerprint density at radius 2 is 1.83 bits per heavy atom. The lowest BCUT2D eigenvalue weighted by molar-refractivity contribution is -0.127. The Morgan fingerprint density at radius 1 is 1.17 bits per heavy atom. The molecule has 8 nitrogen and oxygen atoms in total. The van der Waals surface area contributed by atoms with Gasteiger partial charge in [-0.15, -0.1) is 0 Å². The first-order chi connectivity index (χ1) is 13.7. The summed E-state index contributed by atoms with van der Waals surface area (Å²) < 4.78 is 22.7. The monoisotopic (exact) mass is 425 g/mol. The van der Waals surface area contributed by atoms with E-state index in [-0.39, 0.29) is 17.3 Å². The third-order valence-corrected chi connectivity index (χ3v) is 5.61. The maximum Gasteiger partial charge on any atom is 0.241 e. The van der Waals surface area contributed by atoms with Crippen LogP contribution >= 0.6 is 0 Å². The summed E-state index contributed by atoms with van der Waals surface area (Å²) in [6.45, 7) is 5.64. The molecular formula is C20H35N5O3S. The number of aliphatic imine (C=N–C) groups is 1. The molecule has 1 amide bonds. The largest absolute Gasteiger partial charge is 0.356 e. The SMILES string of the molecule is CCCCC(CC)CNC(=NCc1ccc(S(N)(=O)=O)cc1)NCC(=O)N(C)C. The van der Waals surface area contributed by atoms with Gasteiger partial charge in [0, 0.05) is 20.6 Å². The average molecular weight is 426 g/mol. The Balaban J connectivity index is 2.81. The van der Waals surface area contributed by atoms with Crippen molar-refractivity contribution in [1.82, 2.24) is 15.5 Å². The molecule has 9 heteroatoms. The average Bonchev–Trinajstić information content (AvgIpc) is 2.68. The Labute approximate surface area is 175 Å². The van der Waals surface area contributed by atoms with E-state index in [0.717, 1.165) is 24.9 Å². The number of nitrogens with one attached hydrogen (secondary N) is 2. The molecule has 0 fully saturated rings. The number of sulfonamides is 1. The van der Waals surface area contributed by atoms with Gasteiger partial charge in [0.1, 0.15) is 0 Å². The summed E-state index contributed by atoms with van der Waals surface area (Å²) in [4.78, 5) is 18.0. The lowest BCUT2D eigenvalue weighted by Crippen LogP contribution is -2.44. The second-order valence-electron chi connectivity index (χ2n) is 7.29. The van der Waals surface area contributed by atoms with Gasteiger partial charge in [-0.25, -0.2) is 18.5 Å². The van der Waals surface area contributed by atoms with Gasteiger partial charge in [0.15, 0.2) is 5.96 Å². The number of nitrogens with two attached hydrogens (primary N) is 1. The second kappa shape index (κ2) is 12.4. The van der Waals surface area contributed by atoms with Crippen molar-refractivity contribution in [2.75, 3.05) is 27.2 Å². The highest BCUT2D eigenvalue weighted by molar-refractivity contribution is 7.89. The first-order valence-corrected chi connectivity index (χ1v) is 11.6. The molecule has 1 aromatic rings. The van der Waals surface area contributed by atoms with Crippen LogP contribution in [0.1, 0.15) is 45.1 Å². The zero-order valence-electron chi connectivity index (χ0n) is 17.9. The van der Waals surface area contributed by atoms with E-state index < -0.39 is 10.0 Å². The number of hydrogen-bond donors (Lipinski definition) is 3. The molecule has 0 aliphatic carbocycles. The van der Waals surface area contributed by atoms with Crippen LogP contribution in [0.5, 0.6) is 0 Å². The predicted octanol–water partition coefficient (Wildman–Crippen LogP) is 1.67. The van der Waals surface area contributed by atoms with E-state index in [0.29, 0.717) is 18.4 Å². The van der Waals surface area contributed by atoms with Crippen molar-refractivity contribution in [1.29, 1.82) is 0 Å². The molecule has 1 atom stereocenters. The normalized spacial score (nSPS) is 13.1. The van der Waals surface area contributed by atoms with Gasteiger partial charge in [-0.2, -0.15) is 0 Å². The van der Waals surface area contributed by atoms with Crippen molar-refractivity contribution in [3.05, 3.63) is 29.8 Å². The van der Waals surface area contributed by atoms with Gasteiger partial charge in [-0.1, -0.05) is 45.2 Å². The molecule has 4 N–H and O–H groups in total. The summed E-state index contributed by atoms with van der Waals surface area (Å²) in [6, 6.07) is 6.30. The van der Waals surface area contributed by atoms with Crippen LogP contribution in [0, 0.1) is 5.92 Å². The molecule has 0 heterocycles. The molecular weight excluding hydrogens is 390 g/mol. The van der Waals surface area contributed by atoms with Crippen LogP contribution in [0.15, 0.2) is 34.2 Å². The zero-order chi connectivity index (χ0) is 21.9. The number of guanidine groups is 1. The van der Waals surface area contributed by atoms with Crippen molar-refractivity contribution < 1.29 is 13.2 Å². The van der Waals surface area contributed by atoms with E-state index in [4.69, 9.17) is 5.14 Å². The Morgan fingerprint density at radius 3 is 2.34 bits per heavy atom. The fourth-order valence-electron chi connectivity index (χ4n) is 2.63. The van der Waals surface area contributed by atoms with Gasteiger partial charge in [0.05, 0.1) is 18.0 Å². The van der Waals surface area contributed by atoms with Crippen LogP contribution in [0.4, 0.5) is 0 Å².